The van der Waals surface area contributed by atoms with Gasteiger partial charge in [-0.2, -0.15) is 0 Å². The van der Waals surface area contributed by atoms with E-state index in [1.807, 2.05) is 0 Å². The van der Waals surface area contributed by atoms with E-state index in [2.05, 4.69) is 64.9 Å². The molecule has 0 atom stereocenters. The van der Waals surface area contributed by atoms with Gasteiger partial charge in [-0.25, -0.2) is 0 Å². The number of hydrogen-bond acceptors (Lipinski definition) is 7. The Morgan fingerprint density at radius 1 is 0.577 bits per heavy atom. The van der Waals surface area contributed by atoms with E-state index >= 15 is 0 Å². The summed E-state index contributed by atoms with van der Waals surface area (Å²) in [5.74, 6) is 0. The van der Waals surface area contributed by atoms with E-state index in [4.69, 9.17) is 0 Å². The number of fused-ring (bicyclic) bond motifs is 15. The van der Waals surface area contributed by atoms with Crippen LogP contribution in [0.3, 0.4) is 0 Å². The van der Waals surface area contributed by atoms with Crippen LogP contribution in [0.2, 0.25) is 0 Å². The highest BCUT2D eigenvalue weighted by Crippen LogP contribution is 2.13. The highest BCUT2D eigenvalue weighted by atomic mass is 15.2. The van der Waals surface area contributed by atoms with Gasteiger partial charge in [0, 0.05) is 89.5 Å². The summed E-state index contributed by atoms with van der Waals surface area (Å²) in [6.45, 7) is 21.0. The van der Waals surface area contributed by atoms with Gasteiger partial charge < -0.3 is 37.2 Å². The Morgan fingerprint density at radius 3 is 1.19 bits per heavy atom. The summed E-state index contributed by atoms with van der Waals surface area (Å²) >= 11 is 0. The zero-order valence-corrected chi connectivity index (χ0v) is 17.5. The minimum absolute atomic E-state index is 0.0129. The molecule has 3 saturated heterocycles. The van der Waals surface area contributed by atoms with Crippen molar-refractivity contribution in [1.29, 1.82) is 0 Å². The number of rotatable bonds is 1. The van der Waals surface area contributed by atoms with Gasteiger partial charge in [-0.15, -0.1) is 0 Å². The summed E-state index contributed by atoms with van der Waals surface area (Å²) in [4.78, 5) is 0. The first-order valence-electron chi connectivity index (χ1n) is 10.4. The second kappa shape index (κ2) is 10.3. The van der Waals surface area contributed by atoms with Crippen molar-refractivity contribution in [2.75, 3.05) is 78.5 Å². The van der Waals surface area contributed by atoms with E-state index in [-0.39, 0.29) is 16.5 Å². The molecule has 3 aliphatic heterocycles. The van der Waals surface area contributed by atoms with Gasteiger partial charge in [0.1, 0.15) is 0 Å². The fourth-order valence-corrected chi connectivity index (χ4v) is 3.99. The summed E-state index contributed by atoms with van der Waals surface area (Å²) in [7, 11) is 0. The Labute approximate surface area is 160 Å². The minimum Gasteiger partial charge on any atom is -0.315 e. The van der Waals surface area contributed by atoms with Crippen molar-refractivity contribution in [1.82, 2.24) is 37.2 Å². The molecule has 7 heteroatoms. The maximum Gasteiger partial charge on any atom is 0.0562 e. The molecule has 0 aromatic carbocycles. The summed E-state index contributed by atoms with van der Waals surface area (Å²) in [6.07, 6.45) is 0. The first-order valence-corrected chi connectivity index (χ1v) is 10.4. The van der Waals surface area contributed by atoms with Gasteiger partial charge in [0.05, 0.1) is 5.54 Å². The molecule has 2 bridgehead atoms. The maximum atomic E-state index is 3.90. The molecule has 0 aliphatic carbocycles. The predicted octanol–water partition coefficient (Wildman–Crippen LogP) is -1.32. The molecule has 0 aromatic rings. The lowest BCUT2D eigenvalue weighted by molar-refractivity contribution is 0.212. The van der Waals surface area contributed by atoms with Crippen molar-refractivity contribution < 1.29 is 0 Å². The van der Waals surface area contributed by atoms with Crippen LogP contribution < -0.4 is 37.2 Å². The highest BCUT2D eigenvalue weighted by Gasteiger charge is 2.33. The van der Waals surface area contributed by atoms with Crippen LogP contribution in [0.1, 0.15) is 27.7 Å². The zero-order chi connectivity index (χ0) is 18.9. The molecule has 154 valence electrons. The molecule has 3 rings (SSSR count). The summed E-state index contributed by atoms with van der Waals surface area (Å²) in [5.41, 5.74) is 0.283. The average molecular weight is 370 g/mol. The molecule has 0 radical (unpaired) electrons. The summed E-state index contributed by atoms with van der Waals surface area (Å²) in [5, 5.41) is 25.9. The lowest BCUT2D eigenvalue weighted by Crippen LogP contribution is -2.68. The van der Waals surface area contributed by atoms with Crippen molar-refractivity contribution in [2.45, 2.75) is 38.8 Å². The number of hydrogen-bond donors (Lipinski definition) is 7. The average Bonchev–Trinajstić information content (AvgIpc) is 2.55. The molecule has 26 heavy (non-hydrogen) atoms. The third kappa shape index (κ3) is 8.17. The van der Waals surface area contributed by atoms with Crippen molar-refractivity contribution >= 4 is 0 Å². The standard InChI is InChI=1S/C19H43N7/c1-17(2,3)26-19-14-23-8-5-20-11-18(4,12-21-6-9-24-15-19)13-22-7-10-25-16-19/h20-26H,5-16H2,1-4H3/t18-,19-. The van der Waals surface area contributed by atoms with Crippen LogP contribution in [0.4, 0.5) is 0 Å². The van der Waals surface area contributed by atoms with Crippen LogP contribution in [0, 0.1) is 5.41 Å². The third-order valence-corrected chi connectivity index (χ3v) is 5.12. The maximum absolute atomic E-state index is 3.90. The molecular weight excluding hydrogens is 326 g/mol. The van der Waals surface area contributed by atoms with E-state index in [1.165, 1.54) is 0 Å². The number of nitrogens with one attached hydrogen (secondary N) is 7. The second-order valence-corrected chi connectivity index (χ2v) is 9.53. The largest absolute Gasteiger partial charge is 0.315 e. The van der Waals surface area contributed by atoms with Crippen LogP contribution in [0.15, 0.2) is 0 Å². The van der Waals surface area contributed by atoms with Crippen molar-refractivity contribution in [2.24, 2.45) is 5.41 Å². The minimum atomic E-state index is -0.0129. The fourth-order valence-electron chi connectivity index (χ4n) is 3.99. The molecule has 3 aliphatic rings. The first-order chi connectivity index (χ1) is 12.3. The van der Waals surface area contributed by atoms with Crippen LogP contribution >= 0.6 is 0 Å². The van der Waals surface area contributed by atoms with E-state index in [1.54, 1.807) is 0 Å². The molecule has 0 unspecified atom stereocenters. The molecule has 7 N–H and O–H groups in total. The molecule has 0 saturated carbocycles. The monoisotopic (exact) mass is 369 g/mol. The van der Waals surface area contributed by atoms with Crippen molar-refractivity contribution in [3.8, 4) is 0 Å². The van der Waals surface area contributed by atoms with Gasteiger partial charge in [-0.1, -0.05) is 6.92 Å². The second-order valence-electron chi connectivity index (χ2n) is 9.53. The highest BCUT2D eigenvalue weighted by molar-refractivity contribution is 4.99. The van der Waals surface area contributed by atoms with E-state index in [0.717, 1.165) is 78.5 Å². The van der Waals surface area contributed by atoms with E-state index < -0.39 is 0 Å². The SMILES string of the molecule is CC(C)(C)N[C@]12CNCCNC[C@](C)(CNCCNC1)CNCCNC2. The lowest BCUT2D eigenvalue weighted by Gasteiger charge is -2.42. The van der Waals surface area contributed by atoms with Crippen LogP contribution in [-0.2, 0) is 0 Å². The van der Waals surface area contributed by atoms with Gasteiger partial charge in [-0.05, 0) is 20.8 Å². The van der Waals surface area contributed by atoms with Gasteiger partial charge in [0.25, 0.3) is 0 Å². The Hall–Kier alpha value is -0.280. The van der Waals surface area contributed by atoms with Gasteiger partial charge >= 0.3 is 0 Å². The molecule has 3 heterocycles. The zero-order valence-electron chi connectivity index (χ0n) is 17.5. The normalized spacial score (nSPS) is 34.2. The lowest BCUT2D eigenvalue weighted by atomic mass is 9.90. The van der Waals surface area contributed by atoms with E-state index in [0.29, 0.717) is 0 Å². The summed E-state index contributed by atoms with van der Waals surface area (Å²) in [6, 6.07) is 0. The quantitative estimate of drug-likeness (QED) is 0.309. The molecule has 0 aromatic heterocycles. The topological polar surface area (TPSA) is 84.2 Å². The van der Waals surface area contributed by atoms with Crippen molar-refractivity contribution in [3.05, 3.63) is 0 Å². The first kappa shape index (κ1) is 22.0. The molecule has 0 spiro atoms. The predicted molar refractivity (Wildman–Crippen MR) is 111 cm³/mol. The van der Waals surface area contributed by atoms with Crippen LogP contribution in [0.5, 0.6) is 0 Å². The molecule has 3 fully saturated rings. The Kier molecular flexibility index (Phi) is 8.73. The Bertz CT molecular complexity index is 350. The molecular formula is C19H43N7. The van der Waals surface area contributed by atoms with Gasteiger partial charge in [0.15, 0.2) is 0 Å². The van der Waals surface area contributed by atoms with Gasteiger partial charge in [0.2, 0.25) is 0 Å². The molecule has 0 amide bonds. The molecule has 7 nitrogen and oxygen atoms in total. The van der Waals surface area contributed by atoms with Gasteiger partial charge in [-0.3, -0.25) is 0 Å². The smallest absolute Gasteiger partial charge is 0.0562 e. The Morgan fingerprint density at radius 2 is 0.885 bits per heavy atom. The fraction of sp³-hybridized carbons (Fsp3) is 1.00. The van der Waals surface area contributed by atoms with E-state index in [9.17, 15) is 0 Å². The summed E-state index contributed by atoms with van der Waals surface area (Å²) < 4.78 is 0. The van der Waals surface area contributed by atoms with Crippen LogP contribution in [-0.4, -0.2) is 89.6 Å². The Balaban J connectivity index is 2.14. The third-order valence-electron chi connectivity index (χ3n) is 5.12. The van der Waals surface area contributed by atoms with Crippen molar-refractivity contribution in [3.63, 3.8) is 0 Å². The van der Waals surface area contributed by atoms with Crippen LogP contribution in [0.25, 0.3) is 0 Å².